The third-order valence-electron chi connectivity index (χ3n) is 3.22. The number of urea groups is 1. The van der Waals surface area contributed by atoms with Crippen molar-refractivity contribution in [2.75, 3.05) is 17.2 Å². The third-order valence-corrected chi connectivity index (χ3v) is 3.22. The molecule has 0 aliphatic heterocycles. The molecule has 0 atom stereocenters. The average Bonchev–Trinajstić information content (AvgIpc) is 2.80. The van der Waals surface area contributed by atoms with Crippen LogP contribution < -0.4 is 15.4 Å². The Hall–Kier alpha value is -2.71. The number of H-pyrrole nitrogens is 1. The van der Waals surface area contributed by atoms with Gasteiger partial charge in [-0.1, -0.05) is 0 Å². The Kier molecular flexibility index (Phi) is 5.01. The van der Waals surface area contributed by atoms with Gasteiger partial charge in [0, 0.05) is 0 Å². The molecule has 130 valence electrons. The number of nitrogens with zero attached hydrogens (tertiary/aromatic N) is 1. The molecule has 1 aromatic heterocycles. The molecule has 0 spiro atoms. The summed E-state index contributed by atoms with van der Waals surface area (Å²) in [5.74, 6) is 0.0808. The minimum Gasteiger partial charge on any atom is -0.494 e. The Morgan fingerprint density at radius 2 is 2.00 bits per heavy atom. The first-order valence-corrected chi connectivity index (χ1v) is 7.16. The fraction of sp³-hybridized carbons (Fsp3) is 0.333. The monoisotopic (exact) mass is 342 g/mol. The standard InChI is InChI=1S/C15H17F3N4O2/c1-4-24-10-5-6-12(11(7-10)15(16,17)18)19-14(23)20-13-8(2)21-22-9(13)3/h5-7H,4H2,1-3H3,(H,21,22)(H2,19,20,23). The number of hydrogen-bond donors (Lipinski definition) is 3. The van der Waals surface area contributed by atoms with Gasteiger partial charge in [-0.25, -0.2) is 4.79 Å². The van der Waals surface area contributed by atoms with Gasteiger partial charge in [0.25, 0.3) is 0 Å². The Bertz CT molecular complexity index is 721. The summed E-state index contributed by atoms with van der Waals surface area (Å²) in [7, 11) is 0. The third kappa shape index (κ3) is 3.98. The van der Waals surface area contributed by atoms with Crippen molar-refractivity contribution in [2.45, 2.75) is 26.9 Å². The van der Waals surface area contributed by atoms with E-state index >= 15 is 0 Å². The van der Waals surface area contributed by atoms with Gasteiger partial charge >= 0.3 is 12.2 Å². The lowest BCUT2D eigenvalue weighted by atomic mass is 10.1. The number of carbonyl (C=O) groups excluding carboxylic acids is 1. The molecule has 0 radical (unpaired) electrons. The Balaban J connectivity index is 2.23. The van der Waals surface area contributed by atoms with Crippen LogP contribution in [0.15, 0.2) is 18.2 Å². The van der Waals surface area contributed by atoms with Crippen LogP contribution in [-0.4, -0.2) is 22.8 Å². The fourth-order valence-electron chi connectivity index (χ4n) is 2.13. The van der Waals surface area contributed by atoms with Gasteiger partial charge in [-0.15, -0.1) is 0 Å². The summed E-state index contributed by atoms with van der Waals surface area (Å²) in [6.45, 7) is 5.26. The lowest BCUT2D eigenvalue weighted by molar-refractivity contribution is -0.137. The van der Waals surface area contributed by atoms with Crippen LogP contribution in [0.25, 0.3) is 0 Å². The van der Waals surface area contributed by atoms with Crippen molar-refractivity contribution in [2.24, 2.45) is 0 Å². The van der Waals surface area contributed by atoms with E-state index in [0.717, 1.165) is 12.1 Å². The molecule has 2 amide bonds. The van der Waals surface area contributed by atoms with Gasteiger partial charge in [-0.3, -0.25) is 5.10 Å². The highest BCUT2D eigenvalue weighted by Gasteiger charge is 2.34. The van der Waals surface area contributed by atoms with E-state index in [9.17, 15) is 18.0 Å². The van der Waals surface area contributed by atoms with Gasteiger partial charge in [0.2, 0.25) is 0 Å². The zero-order valence-electron chi connectivity index (χ0n) is 13.3. The number of benzene rings is 1. The smallest absolute Gasteiger partial charge is 0.418 e. The van der Waals surface area contributed by atoms with Crippen molar-refractivity contribution in [3.63, 3.8) is 0 Å². The number of aromatic nitrogens is 2. The number of ether oxygens (including phenoxy) is 1. The quantitative estimate of drug-likeness (QED) is 0.783. The second-order valence-corrected chi connectivity index (χ2v) is 5.03. The highest BCUT2D eigenvalue weighted by molar-refractivity contribution is 6.01. The molecule has 9 heteroatoms. The molecule has 0 aliphatic carbocycles. The summed E-state index contributed by atoms with van der Waals surface area (Å²) in [4.78, 5) is 12.0. The highest BCUT2D eigenvalue weighted by Crippen LogP contribution is 2.37. The van der Waals surface area contributed by atoms with E-state index in [1.807, 2.05) is 0 Å². The van der Waals surface area contributed by atoms with E-state index in [1.54, 1.807) is 20.8 Å². The number of hydrogen-bond acceptors (Lipinski definition) is 3. The van der Waals surface area contributed by atoms with E-state index in [0.29, 0.717) is 17.1 Å². The van der Waals surface area contributed by atoms with Crippen LogP contribution in [-0.2, 0) is 6.18 Å². The van der Waals surface area contributed by atoms with Crippen LogP contribution in [0.4, 0.5) is 29.3 Å². The maximum atomic E-state index is 13.2. The van der Waals surface area contributed by atoms with Crippen molar-refractivity contribution >= 4 is 17.4 Å². The minimum atomic E-state index is -4.63. The minimum absolute atomic E-state index is 0.0808. The van der Waals surface area contributed by atoms with Crippen molar-refractivity contribution < 1.29 is 22.7 Å². The van der Waals surface area contributed by atoms with Gasteiger partial charge in [0.1, 0.15) is 5.75 Å². The van der Waals surface area contributed by atoms with E-state index in [1.165, 1.54) is 6.07 Å². The summed E-state index contributed by atoms with van der Waals surface area (Å²) in [6.07, 6.45) is -4.63. The van der Waals surface area contributed by atoms with Crippen LogP contribution in [0, 0.1) is 13.8 Å². The van der Waals surface area contributed by atoms with E-state index in [4.69, 9.17) is 4.74 Å². The summed E-state index contributed by atoms with van der Waals surface area (Å²) in [6, 6.07) is 2.58. The zero-order valence-corrected chi connectivity index (χ0v) is 13.3. The summed E-state index contributed by atoms with van der Waals surface area (Å²) >= 11 is 0. The molecule has 2 rings (SSSR count). The second kappa shape index (κ2) is 6.81. The van der Waals surface area contributed by atoms with Crippen LogP contribution in [0.5, 0.6) is 5.75 Å². The van der Waals surface area contributed by atoms with Gasteiger partial charge < -0.3 is 15.4 Å². The molecule has 0 aliphatic rings. The number of amides is 2. The highest BCUT2D eigenvalue weighted by atomic mass is 19.4. The topological polar surface area (TPSA) is 79.0 Å². The number of nitrogens with one attached hydrogen (secondary N) is 3. The van der Waals surface area contributed by atoms with Crippen molar-refractivity contribution in [1.29, 1.82) is 0 Å². The molecule has 3 N–H and O–H groups in total. The molecule has 0 bridgehead atoms. The molecule has 0 saturated carbocycles. The maximum Gasteiger partial charge on any atom is 0.418 e. The molecule has 0 unspecified atom stereocenters. The lowest BCUT2D eigenvalue weighted by Crippen LogP contribution is -2.22. The Morgan fingerprint density at radius 3 is 2.54 bits per heavy atom. The summed E-state index contributed by atoms with van der Waals surface area (Å²) in [5, 5.41) is 11.3. The molecule has 6 nitrogen and oxygen atoms in total. The first-order chi connectivity index (χ1) is 11.2. The van der Waals surface area contributed by atoms with E-state index in [-0.39, 0.29) is 18.0 Å². The second-order valence-electron chi connectivity index (χ2n) is 5.03. The first-order valence-electron chi connectivity index (χ1n) is 7.16. The molecule has 1 aromatic carbocycles. The van der Waals surface area contributed by atoms with Crippen LogP contribution in [0.1, 0.15) is 23.9 Å². The summed E-state index contributed by atoms with van der Waals surface area (Å²) in [5.41, 5.74) is 0.217. The lowest BCUT2D eigenvalue weighted by Gasteiger charge is -2.16. The van der Waals surface area contributed by atoms with Crippen molar-refractivity contribution in [3.05, 3.63) is 35.2 Å². The largest absolute Gasteiger partial charge is 0.494 e. The van der Waals surface area contributed by atoms with E-state index < -0.39 is 17.8 Å². The molecule has 24 heavy (non-hydrogen) atoms. The summed E-state index contributed by atoms with van der Waals surface area (Å²) < 4.78 is 44.6. The molecular formula is C15H17F3N4O2. The maximum absolute atomic E-state index is 13.2. The normalized spacial score (nSPS) is 11.2. The fourth-order valence-corrected chi connectivity index (χ4v) is 2.13. The predicted octanol–water partition coefficient (Wildman–Crippen LogP) is 4.09. The number of aromatic amines is 1. The SMILES string of the molecule is CCOc1ccc(NC(=O)Nc2c(C)n[nH]c2C)c(C(F)(F)F)c1. The Morgan fingerprint density at radius 1 is 1.29 bits per heavy atom. The van der Waals surface area contributed by atoms with Gasteiger partial charge in [-0.2, -0.15) is 18.3 Å². The number of aryl methyl sites for hydroxylation is 2. The number of carbonyl (C=O) groups is 1. The predicted molar refractivity (Wildman–Crippen MR) is 83.3 cm³/mol. The number of halogens is 3. The van der Waals surface area contributed by atoms with Crippen LogP contribution >= 0.6 is 0 Å². The molecule has 0 saturated heterocycles. The van der Waals surface area contributed by atoms with Crippen LogP contribution in [0.3, 0.4) is 0 Å². The van der Waals surface area contributed by atoms with Gasteiger partial charge in [0.05, 0.1) is 34.9 Å². The Labute approximate surface area is 136 Å². The number of rotatable bonds is 4. The molecule has 1 heterocycles. The number of alkyl halides is 3. The molecule has 0 fully saturated rings. The number of anilines is 2. The van der Waals surface area contributed by atoms with Crippen molar-refractivity contribution in [1.82, 2.24) is 10.2 Å². The zero-order chi connectivity index (χ0) is 17.9. The van der Waals surface area contributed by atoms with Crippen molar-refractivity contribution in [3.8, 4) is 5.75 Å². The van der Waals surface area contributed by atoms with E-state index in [2.05, 4.69) is 20.8 Å². The molecular weight excluding hydrogens is 325 g/mol. The van der Waals surface area contributed by atoms with Gasteiger partial charge in [0.15, 0.2) is 0 Å². The average molecular weight is 342 g/mol. The van der Waals surface area contributed by atoms with Gasteiger partial charge in [-0.05, 0) is 39.0 Å². The molecule has 2 aromatic rings. The van der Waals surface area contributed by atoms with Crippen LogP contribution in [0.2, 0.25) is 0 Å². The first kappa shape index (κ1) is 17.6.